The number of hydrogen-bond acceptors (Lipinski definition) is 3. The zero-order valence-electron chi connectivity index (χ0n) is 13.9. The zero-order valence-corrected chi connectivity index (χ0v) is 14.7. The summed E-state index contributed by atoms with van der Waals surface area (Å²) in [6.07, 6.45) is 6.79. The molecule has 0 radical (unpaired) electrons. The molecule has 1 aliphatic heterocycles. The van der Waals surface area contributed by atoms with E-state index in [9.17, 15) is 0 Å². The van der Waals surface area contributed by atoms with Gasteiger partial charge in [0, 0.05) is 18.0 Å². The van der Waals surface area contributed by atoms with E-state index in [1.165, 1.54) is 42.6 Å². The Labute approximate surface area is 139 Å². The van der Waals surface area contributed by atoms with Gasteiger partial charge in [-0.25, -0.2) is 4.31 Å². The molecule has 1 saturated carbocycles. The maximum Gasteiger partial charge on any atom is 0.0551 e. The molecule has 120 valence electrons. The van der Waals surface area contributed by atoms with E-state index in [2.05, 4.69) is 53.8 Å². The quantitative estimate of drug-likeness (QED) is 0.793. The van der Waals surface area contributed by atoms with Gasteiger partial charge in [0.2, 0.25) is 0 Å². The van der Waals surface area contributed by atoms with Crippen LogP contribution >= 0.6 is 11.9 Å². The molecule has 1 heterocycles. The van der Waals surface area contributed by atoms with Gasteiger partial charge in [-0.3, -0.25) is 0 Å². The lowest BCUT2D eigenvalue weighted by molar-refractivity contribution is 0.188. The van der Waals surface area contributed by atoms with Crippen molar-refractivity contribution in [1.82, 2.24) is 9.62 Å². The maximum atomic E-state index is 3.61. The van der Waals surface area contributed by atoms with Crippen molar-refractivity contribution in [2.24, 2.45) is 0 Å². The Morgan fingerprint density at radius 3 is 2.45 bits per heavy atom. The number of likely N-dealkylation sites (N-methyl/N-ethyl adjacent to an activating group) is 2. The molecule has 3 heteroatoms. The average molecular weight is 317 g/mol. The minimum absolute atomic E-state index is 0.297. The molecule has 0 unspecified atom stereocenters. The summed E-state index contributed by atoms with van der Waals surface area (Å²) in [5.74, 6) is 0. The Bertz CT molecular complexity index is 517. The molecule has 1 fully saturated rings. The van der Waals surface area contributed by atoms with E-state index >= 15 is 0 Å². The van der Waals surface area contributed by atoms with Crippen molar-refractivity contribution in [2.75, 3.05) is 19.6 Å². The van der Waals surface area contributed by atoms with Gasteiger partial charge in [0.25, 0.3) is 0 Å². The van der Waals surface area contributed by atoms with E-state index in [0.717, 1.165) is 19.6 Å². The smallest absolute Gasteiger partial charge is 0.0551 e. The molecule has 0 aromatic heterocycles. The summed E-state index contributed by atoms with van der Waals surface area (Å²) in [6.45, 7) is 7.71. The lowest BCUT2D eigenvalue weighted by atomic mass is 9.75. The molecule has 1 aromatic carbocycles. The Hall–Kier alpha value is -0.770. The molecule has 1 aliphatic carbocycles. The standard InChI is InChI=1S/C19H28N2S/c1-3-20-15-17-18(16-11-7-5-8-12-16)22-21(4-2)19(17)13-9-6-10-14-19/h5,7-8,11-12,20H,3-4,6,9-10,13-15H2,1-2H3. The first-order chi connectivity index (χ1) is 10.8. The fourth-order valence-electron chi connectivity index (χ4n) is 3.98. The van der Waals surface area contributed by atoms with E-state index in [4.69, 9.17) is 0 Å². The molecular weight excluding hydrogens is 288 g/mol. The minimum Gasteiger partial charge on any atom is -0.313 e. The van der Waals surface area contributed by atoms with Crippen molar-refractivity contribution >= 4 is 16.9 Å². The summed E-state index contributed by atoms with van der Waals surface area (Å²) < 4.78 is 2.67. The van der Waals surface area contributed by atoms with Gasteiger partial charge in [0.1, 0.15) is 0 Å². The van der Waals surface area contributed by atoms with Crippen LogP contribution in [-0.2, 0) is 0 Å². The van der Waals surface area contributed by atoms with E-state index in [1.807, 2.05) is 11.9 Å². The molecular formula is C19H28N2S. The predicted octanol–water partition coefficient (Wildman–Crippen LogP) is 4.69. The van der Waals surface area contributed by atoms with Crippen LogP contribution in [0.1, 0.15) is 51.5 Å². The Morgan fingerprint density at radius 1 is 1.09 bits per heavy atom. The third-order valence-electron chi connectivity index (χ3n) is 5.07. The van der Waals surface area contributed by atoms with Crippen molar-refractivity contribution in [3.63, 3.8) is 0 Å². The van der Waals surface area contributed by atoms with E-state index in [0.29, 0.717) is 5.54 Å². The van der Waals surface area contributed by atoms with E-state index in [1.54, 1.807) is 5.57 Å². The summed E-state index contributed by atoms with van der Waals surface area (Å²) in [5.41, 5.74) is 3.33. The molecule has 2 nitrogen and oxygen atoms in total. The summed E-state index contributed by atoms with van der Waals surface area (Å²) in [7, 11) is 0. The fourth-order valence-corrected chi connectivity index (χ4v) is 5.41. The van der Waals surface area contributed by atoms with Crippen LogP contribution in [0.4, 0.5) is 0 Å². The van der Waals surface area contributed by atoms with Crippen LogP contribution in [0.25, 0.3) is 4.91 Å². The first-order valence-electron chi connectivity index (χ1n) is 8.77. The zero-order chi connectivity index (χ0) is 15.4. The normalized spacial score (nSPS) is 21.7. The second-order valence-electron chi connectivity index (χ2n) is 6.33. The third-order valence-corrected chi connectivity index (χ3v) is 6.56. The molecule has 1 spiro atoms. The lowest BCUT2D eigenvalue weighted by Gasteiger charge is -2.42. The lowest BCUT2D eigenvalue weighted by Crippen LogP contribution is -2.47. The molecule has 1 N–H and O–H groups in total. The average Bonchev–Trinajstić information content (AvgIpc) is 2.87. The van der Waals surface area contributed by atoms with Crippen molar-refractivity contribution in [3.8, 4) is 0 Å². The van der Waals surface area contributed by atoms with Gasteiger partial charge < -0.3 is 5.32 Å². The van der Waals surface area contributed by atoms with Crippen molar-refractivity contribution < 1.29 is 0 Å². The van der Waals surface area contributed by atoms with E-state index in [-0.39, 0.29) is 0 Å². The minimum atomic E-state index is 0.297. The number of nitrogens with one attached hydrogen (secondary N) is 1. The number of benzene rings is 1. The predicted molar refractivity (Wildman–Crippen MR) is 97.7 cm³/mol. The van der Waals surface area contributed by atoms with Crippen LogP contribution in [-0.4, -0.2) is 29.5 Å². The van der Waals surface area contributed by atoms with Crippen molar-refractivity contribution in [2.45, 2.75) is 51.5 Å². The molecule has 3 rings (SSSR count). The maximum absolute atomic E-state index is 3.61. The molecule has 0 saturated heterocycles. The molecule has 0 amide bonds. The summed E-state index contributed by atoms with van der Waals surface area (Å²) in [4.78, 5) is 1.50. The van der Waals surface area contributed by atoms with Crippen LogP contribution in [0, 0.1) is 0 Å². The summed E-state index contributed by atoms with van der Waals surface area (Å²) >= 11 is 2.00. The highest BCUT2D eigenvalue weighted by Crippen LogP contribution is 2.54. The third kappa shape index (κ3) is 2.86. The first kappa shape index (κ1) is 16.1. The van der Waals surface area contributed by atoms with Gasteiger partial charge in [0.15, 0.2) is 0 Å². The van der Waals surface area contributed by atoms with Gasteiger partial charge in [-0.05, 0) is 42.5 Å². The van der Waals surface area contributed by atoms with Crippen LogP contribution in [0.3, 0.4) is 0 Å². The molecule has 0 bridgehead atoms. The van der Waals surface area contributed by atoms with Crippen molar-refractivity contribution in [1.29, 1.82) is 0 Å². The highest BCUT2D eigenvalue weighted by molar-refractivity contribution is 8.06. The van der Waals surface area contributed by atoms with Gasteiger partial charge >= 0.3 is 0 Å². The highest BCUT2D eigenvalue weighted by atomic mass is 32.2. The summed E-state index contributed by atoms with van der Waals surface area (Å²) in [5, 5.41) is 3.61. The fraction of sp³-hybridized carbons (Fsp3) is 0.579. The first-order valence-corrected chi connectivity index (χ1v) is 9.54. The molecule has 22 heavy (non-hydrogen) atoms. The SMILES string of the molecule is CCNCC1=C(c2ccccc2)SN(CC)C12CCCCC2. The van der Waals surface area contributed by atoms with Crippen LogP contribution in [0.5, 0.6) is 0 Å². The summed E-state index contributed by atoms with van der Waals surface area (Å²) in [6, 6.07) is 11.0. The monoisotopic (exact) mass is 316 g/mol. The van der Waals surface area contributed by atoms with Gasteiger partial charge in [0.05, 0.1) is 5.54 Å². The van der Waals surface area contributed by atoms with E-state index < -0.39 is 0 Å². The number of rotatable bonds is 5. The Balaban J connectivity index is 2.03. The Kier molecular flexibility index (Phi) is 5.27. The highest BCUT2D eigenvalue weighted by Gasteiger charge is 2.47. The molecule has 0 atom stereocenters. The molecule has 2 aliphatic rings. The second-order valence-corrected chi connectivity index (χ2v) is 7.36. The van der Waals surface area contributed by atoms with Gasteiger partial charge in [-0.2, -0.15) is 0 Å². The molecule has 1 aromatic rings. The Morgan fingerprint density at radius 2 is 1.82 bits per heavy atom. The van der Waals surface area contributed by atoms with Crippen molar-refractivity contribution in [3.05, 3.63) is 41.5 Å². The van der Waals surface area contributed by atoms with Crippen LogP contribution < -0.4 is 5.32 Å². The second kappa shape index (κ2) is 7.20. The van der Waals surface area contributed by atoms with Gasteiger partial charge in [-0.15, -0.1) is 0 Å². The van der Waals surface area contributed by atoms with Crippen LogP contribution in [0.15, 0.2) is 35.9 Å². The largest absolute Gasteiger partial charge is 0.313 e. The topological polar surface area (TPSA) is 15.3 Å². The number of hydrogen-bond donors (Lipinski definition) is 1. The van der Waals surface area contributed by atoms with Gasteiger partial charge in [-0.1, -0.05) is 63.4 Å². The van der Waals surface area contributed by atoms with Crippen LogP contribution in [0.2, 0.25) is 0 Å². The number of nitrogens with zero attached hydrogens (tertiary/aromatic N) is 1.